The first kappa shape index (κ1) is 52.3. The van der Waals surface area contributed by atoms with Gasteiger partial charge in [-0.3, -0.25) is 4.99 Å². The largest absolute Gasteiger partial charge is 0.371 e. The quantitative estimate of drug-likeness (QED) is 0.0791. The predicted molar refractivity (Wildman–Crippen MR) is 245 cm³/mol. The number of nitrogens with zero attached hydrogens (tertiary/aromatic N) is 2. The summed E-state index contributed by atoms with van der Waals surface area (Å²) < 4.78 is 14.9. The molecule has 1 fully saturated rings. The maximum atomic E-state index is 14.9. The molecule has 0 amide bonds. The Morgan fingerprint density at radius 1 is 1.02 bits per heavy atom. The van der Waals surface area contributed by atoms with E-state index in [0.29, 0.717) is 11.7 Å². The molecule has 3 nitrogen and oxygen atoms in total. The molecule has 1 saturated carbocycles. The zero-order chi connectivity index (χ0) is 41.6. The van der Waals surface area contributed by atoms with Gasteiger partial charge in [0.15, 0.2) is 0 Å². The summed E-state index contributed by atoms with van der Waals surface area (Å²) in [4.78, 5) is 7.21. The Morgan fingerprint density at radius 3 is 2.06 bits per heavy atom. The molecule has 1 aromatic rings. The van der Waals surface area contributed by atoms with Gasteiger partial charge in [0.25, 0.3) is 0 Å². The fraction of sp³-hybridized carbons (Fsp3) is 0.540. The van der Waals surface area contributed by atoms with E-state index < -0.39 is 0 Å². The minimum Gasteiger partial charge on any atom is -0.371 e. The summed E-state index contributed by atoms with van der Waals surface area (Å²) >= 11 is 0. The van der Waals surface area contributed by atoms with Gasteiger partial charge in [-0.25, -0.2) is 4.39 Å². The third-order valence-corrected chi connectivity index (χ3v) is 8.72. The first-order valence-electron chi connectivity index (χ1n) is 20.6. The van der Waals surface area contributed by atoms with Crippen LogP contribution in [-0.2, 0) is 0 Å². The van der Waals surface area contributed by atoms with Crippen molar-refractivity contribution in [2.75, 3.05) is 11.9 Å². The first-order chi connectivity index (χ1) is 25.7. The van der Waals surface area contributed by atoms with Gasteiger partial charge >= 0.3 is 0 Å². The first-order valence-corrected chi connectivity index (χ1v) is 20.6. The van der Waals surface area contributed by atoms with Crippen LogP contribution in [0.5, 0.6) is 0 Å². The number of benzene rings is 1. The van der Waals surface area contributed by atoms with Gasteiger partial charge in [-0.15, -0.1) is 18.9 Å². The van der Waals surface area contributed by atoms with E-state index >= 15 is 0 Å². The van der Waals surface area contributed by atoms with Gasteiger partial charge in [0.2, 0.25) is 0 Å². The summed E-state index contributed by atoms with van der Waals surface area (Å²) in [6.07, 6.45) is 28.8. The predicted octanol–water partition coefficient (Wildman–Crippen LogP) is 15.5. The summed E-state index contributed by atoms with van der Waals surface area (Å²) in [5.74, 6) is 4.10. The van der Waals surface area contributed by atoms with Crippen LogP contribution in [-0.4, -0.2) is 19.3 Å². The smallest absolute Gasteiger partial charge is 0.146 e. The van der Waals surface area contributed by atoms with E-state index in [1.807, 2.05) is 59.1 Å². The molecule has 1 aliphatic rings. The van der Waals surface area contributed by atoms with Crippen LogP contribution in [0.4, 0.5) is 10.1 Å². The summed E-state index contributed by atoms with van der Waals surface area (Å²) in [6, 6.07) is 7.37. The average molecular weight is 742 g/mol. The number of terminal acetylenes is 1. The average Bonchev–Trinajstić information content (AvgIpc) is 3.14. The van der Waals surface area contributed by atoms with Crippen molar-refractivity contribution in [1.82, 2.24) is 5.32 Å². The highest BCUT2D eigenvalue weighted by atomic mass is 19.1. The Labute approximate surface area is 334 Å². The van der Waals surface area contributed by atoms with Gasteiger partial charge < -0.3 is 10.2 Å². The molecule has 302 valence electrons. The maximum Gasteiger partial charge on any atom is 0.146 e. The van der Waals surface area contributed by atoms with Gasteiger partial charge in [-0.1, -0.05) is 119 Å². The number of unbranched alkanes of at least 4 members (excludes halogenated alkanes) is 2. The van der Waals surface area contributed by atoms with Crippen molar-refractivity contribution in [1.29, 1.82) is 0 Å². The fourth-order valence-corrected chi connectivity index (χ4v) is 5.21. The highest BCUT2D eigenvalue weighted by molar-refractivity contribution is 5.79. The van der Waals surface area contributed by atoms with E-state index in [2.05, 4.69) is 122 Å². The molecule has 0 aromatic heterocycles. The zero-order valence-corrected chi connectivity index (χ0v) is 37.4. The van der Waals surface area contributed by atoms with Gasteiger partial charge in [0, 0.05) is 43.0 Å². The molecule has 0 heterocycles. The van der Waals surface area contributed by atoms with E-state index in [1.165, 1.54) is 43.0 Å². The topological polar surface area (TPSA) is 27.6 Å². The Balaban J connectivity index is 0. The number of allylic oxidation sites excluding steroid dienone is 11. The lowest BCUT2D eigenvalue weighted by atomic mass is 9.80. The van der Waals surface area contributed by atoms with E-state index in [-0.39, 0.29) is 11.7 Å². The number of anilines is 1. The molecule has 0 spiro atoms. The number of halogens is 1. The molecule has 54 heavy (non-hydrogen) atoms. The number of nitrogens with one attached hydrogen (secondary N) is 1. The lowest BCUT2D eigenvalue weighted by Gasteiger charge is -2.42. The second-order valence-corrected chi connectivity index (χ2v) is 14.8. The molecule has 1 aliphatic carbocycles. The molecular weight excluding hydrogens is 662 g/mol. The molecule has 0 saturated heterocycles. The van der Waals surface area contributed by atoms with Crippen LogP contribution < -0.4 is 10.2 Å². The molecule has 1 unspecified atom stereocenters. The van der Waals surface area contributed by atoms with Crippen molar-refractivity contribution < 1.29 is 4.39 Å². The van der Waals surface area contributed by atoms with E-state index in [4.69, 9.17) is 11.4 Å². The Bertz CT molecular complexity index is 1450. The van der Waals surface area contributed by atoms with Crippen molar-refractivity contribution in [2.24, 2.45) is 16.8 Å². The molecule has 1 aromatic carbocycles. The summed E-state index contributed by atoms with van der Waals surface area (Å²) in [6.45, 7) is 33.5. The fourth-order valence-electron chi connectivity index (χ4n) is 5.21. The van der Waals surface area contributed by atoms with Crippen molar-refractivity contribution in [3.63, 3.8) is 0 Å². The van der Waals surface area contributed by atoms with Crippen LogP contribution in [0, 0.1) is 24.2 Å². The molecule has 4 heteroatoms. The van der Waals surface area contributed by atoms with E-state index in [0.717, 1.165) is 65.6 Å². The molecule has 0 aliphatic heterocycles. The summed E-state index contributed by atoms with van der Waals surface area (Å²) in [5.41, 5.74) is 7.93. The lowest BCUT2D eigenvalue weighted by Crippen LogP contribution is -2.42. The molecule has 1 N–H and O–H groups in total. The molecule has 2 rings (SSSR count). The van der Waals surface area contributed by atoms with Gasteiger partial charge in [0.1, 0.15) is 5.83 Å². The van der Waals surface area contributed by atoms with Crippen LogP contribution in [0.1, 0.15) is 165 Å². The highest BCUT2D eigenvalue weighted by Crippen LogP contribution is 2.38. The maximum absolute atomic E-state index is 14.9. The lowest BCUT2D eigenvalue weighted by molar-refractivity contribution is 0.281. The van der Waals surface area contributed by atoms with Crippen molar-refractivity contribution in [3.05, 3.63) is 107 Å². The number of rotatable bonds is 16. The standard InChI is InChI=1S/C37H52FN3.C5H8.2C4H10/c1-11-16-19-34(38)35(18-13-3)40-29(9)28(8)36(39-15-5)24-30(17-12-2)31-20-21-33(27(7)14-4)37(25-31)41(10)32-22-26(6)23-32;1-3-5-4-2;1-4(2)3;1-3-4-2/h13-21,24-27,32,40H,4,11-12,22-23H2,1-3,5-10H3;1H,4-5H2,2H3;4H,1-3H3;3-4H2,1-2H3/b18-13-,19-16+,29-28+,30-17-,35-34-,36-24+,39-15?;;;. The third-order valence-electron chi connectivity index (χ3n) is 8.72. The van der Waals surface area contributed by atoms with Gasteiger partial charge in [0.05, 0.1) is 11.4 Å². The summed E-state index contributed by atoms with van der Waals surface area (Å²) in [5, 5.41) is 3.29. The van der Waals surface area contributed by atoms with Gasteiger partial charge in [-0.2, -0.15) is 0 Å². The van der Waals surface area contributed by atoms with Crippen LogP contribution in [0.15, 0.2) is 101 Å². The Kier molecular flexibility index (Phi) is 30.5. The molecule has 0 radical (unpaired) electrons. The Morgan fingerprint density at radius 2 is 1.63 bits per heavy atom. The number of aliphatic imine (C=N–C) groups is 1. The Hall–Kier alpha value is -3.84. The van der Waals surface area contributed by atoms with Crippen molar-refractivity contribution in [2.45, 2.75) is 160 Å². The molecule has 0 bridgehead atoms. The molecule has 1 atom stereocenters. The number of hydrogen-bond acceptors (Lipinski definition) is 3. The third kappa shape index (κ3) is 21.2. The monoisotopic (exact) mass is 742 g/mol. The van der Waals surface area contributed by atoms with E-state index in [1.54, 1.807) is 6.08 Å². The second kappa shape index (κ2) is 31.5. The van der Waals surface area contributed by atoms with Gasteiger partial charge in [-0.05, 0) is 118 Å². The highest BCUT2D eigenvalue weighted by Gasteiger charge is 2.30. The summed E-state index contributed by atoms with van der Waals surface area (Å²) in [7, 11) is 2.23. The van der Waals surface area contributed by atoms with E-state index in [9.17, 15) is 4.39 Å². The minimum absolute atomic E-state index is 0.263. The second-order valence-electron chi connectivity index (χ2n) is 14.8. The van der Waals surface area contributed by atoms with Crippen LogP contribution in [0.2, 0.25) is 0 Å². The van der Waals surface area contributed by atoms with Crippen molar-refractivity contribution in [3.8, 4) is 12.3 Å². The zero-order valence-electron chi connectivity index (χ0n) is 37.4. The number of hydrogen-bond donors (Lipinski definition) is 1. The van der Waals surface area contributed by atoms with Crippen LogP contribution >= 0.6 is 0 Å². The van der Waals surface area contributed by atoms with Crippen LogP contribution in [0.3, 0.4) is 0 Å². The van der Waals surface area contributed by atoms with Crippen molar-refractivity contribution >= 4 is 17.5 Å². The normalized spacial score (nSPS) is 17.2. The van der Waals surface area contributed by atoms with Crippen LogP contribution in [0.25, 0.3) is 5.57 Å². The molecular formula is C50H80FN3. The SMILES string of the molecule is C#CCCC.C=CC(C)c1ccc(C(=C\CC)/C=C(N=CC)\C(C)=C(/C)NC(/C=C\C)=C(F)/C=C/CC)cc1N(C)C1CC(C)C1.CC(C)C.CCCC. The minimum atomic E-state index is -0.292.